The average molecular weight is 584 g/mol. The van der Waals surface area contributed by atoms with Gasteiger partial charge >= 0.3 is 23.9 Å². The van der Waals surface area contributed by atoms with Crippen LogP contribution in [0.15, 0.2) is 30.3 Å². The summed E-state index contributed by atoms with van der Waals surface area (Å²) in [6, 6.07) is 8.18. The van der Waals surface area contributed by atoms with Crippen LogP contribution in [0.4, 0.5) is 0 Å². The molecule has 1 aromatic carbocycles. The Bertz CT molecular complexity index is 1000. The second-order valence-electron chi connectivity index (χ2n) is 8.90. The van der Waals surface area contributed by atoms with E-state index < -0.39 is 60.4 Å². The number of rotatable bonds is 16. The van der Waals surface area contributed by atoms with Gasteiger partial charge in [0.15, 0.2) is 18.5 Å². The van der Waals surface area contributed by atoms with Crippen LogP contribution in [0.2, 0.25) is 0 Å². The van der Waals surface area contributed by atoms with Gasteiger partial charge in [0.2, 0.25) is 5.91 Å². The van der Waals surface area contributed by atoms with Gasteiger partial charge in [-0.05, 0) is 5.56 Å². The fourth-order valence-corrected chi connectivity index (χ4v) is 3.81. The molecule has 228 valence electrons. The van der Waals surface area contributed by atoms with Crippen molar-refractivity contribution >= 4 is 29.8 Å². The third kappa shape index (κ3) is 13.1. The zero-order valence-electron chi connectivity index (χ0n) is 23.5. The van der Waals surface area contributed by atoms with Crippen molar-refractivity contribution in [2.24, 2.45) is 0 Å². The molecule has 0 radical (unpaired) electrons. The predicted octanol–water partition coefficient (Wildman–Crippen LogP) is 0.436. The second kappa shape index (κ2) is 18.0. The summed E-state index contributed by atoms with van der Waals surface area (Å²) in [5.41, 5.74) is 0.866. The molecule has 1 N–H and O–H groups in total. The summed E-state index contributed by atoms with van der Waals surface area (Å²) < 4.78 is 43.3. The molecule has 1 fully saturated rings. The van der Waals surface area contributed by atoms with Crippen LogP contribution in [0.1, 0.15) is 33.3 Å². The van der Waals surface area contributed by atoms with Crippen molar-refractivity contribution < 1.29 is 61.9 Å². The molecule has 0 spiro atoms. The molecule has 1 saturated heterocycles. The number of carbonyl (C=O) groups excluding carboxylic acids is 5. The Balaban J connectivity index is 1.86. The van der Waals surface area contributed by atoms with Crippen molar-refractivity contribution in [3.8, 4) is 0 Å². The molecule has 0 bridgehead atoms. The van der Waals surface area contributed by atoms with Crippen LogP contribution in [-0.2, 0) is 68.5 Å². The highest BCUT2D eigenvalue weighted by molar-refractivity contribution is 5.73. The first kappa shape index (κ1) is 33.6. The number of nitrogens with one attached hydrogen (secondary N) is 1. The van der Waals surface area contributed by atoms with E-state index >= 15 is 0 Å². The molecular weight excluding hydrogens is 546 g/mol. The zero-order valence-corrected chi connectivity index (χ0v) is 23.5. The molecule has 0 aromatic heterocycles. The summed E-state index contributed by atoms with van der Waals surface area (Å²) in [5, 5.41) is 2.61. The van der Waals surface area contributed by atoms with E-state index in [-0.39, 0.29) is 46.2 Å². The van der Waals surface area contributed by atoms with Crippen LogP contribution in [0, 0.1) is 0 Å². The first-order valence-electron chi connectivity index (χ1n) is 12.9. The lowest BCUT2D eigenvalue weighted by molar-refractivity contribution is -0.279. The average Bonchev–Trinajstić information content (AvgIpc) is 2.90. The van der Waals surface area contributed by atoms with E-state index in [1.54, 1.807) is 0 Å². The second-order valence-corrected chi connectivity index (χ2v) is 8.90. The maximum atomic E-state index is 11.9. The molecule has 1 aromatic rings. The lowest BCUT2D eigenvalue weighted by Crippen LogP contribution is -2.66. The van der Waals surface area contributed by atoms with Crippen LogP contribution >= 0.6 is 0 Å². The number of amides is 1. The third-order valence-corrected chi connectivity index (χ3v) is 5.42. The minimum atomic E-state index is -1.21. The summed E-state index contributed by atoms with van der Waals surface area (Å²) in [5.74, 6) is -3.01. The monoisotopic (exact) mass is 583 g/mol. The Labute approximate surface area is 237 Å². The van der Waals surface area contributed by atoms with Crippen molar-refractivity contribution in [2.45, 2.75) is 64.9 Å². The summed E-state index contributed by atoms with van der Waals surface area (Å²) in [6.07, 6.45) is -4.68. The molecule has 41 heavy (non-hydrogen) atoms. The van der Waals surface area contributed by atoms with E-state index in [1.807, 2.05) is 30.3 Å². The zero-order chi connectivity index (χ0) is 30.2. The van der Waals surface area contributed by atoms with Gasteiger partial charge in [-0.1, -0.05) is 30.3 Å². The standard InChI is InChI=1S/C27H37NO13/c1-17(29)28-24-26(40-20(4)32)25(39-19(3)31)22(15-37-18(2)30)41-27(24)36-13-12-34-10-11-35-16-23(33)38-14-21-8-6-5-7-9-21/h5-9,22,24-27H,10-16H2,1-4H3,(H,28,29). The molecule has 5 atom stereocenters. The highest BCUT2D eigenvalue weighted by Gasteiger charge is 2.51. The van der Waals surface area contributed by atoms with Gasteiger partial charge in [0.05, 0.1) is 26.4 Å². The van der Waals surface area contributed by atoms with Gasteiger partial charge in [0, 0.05) is 27.7 Å². The fourth-order valence-electron chi connectivity index (χ4n) is 3.81. The molecule has 5 unspecified atom stereocenters. The van der Waals surface area contributed by atoms with Crippen molar-refractivity contribution in [2.75, 3.05) is 39.6 Å². The number of carbonyl (C=O) groups is 5. The van der Waals surface area contributed by atoms with E-state index in [1.165, 1.54) is 13.8 Å². The van der Waals surface area contributed by atoms with Gasteiger partial charge in [-0.2, -0.15) is 0 Å². The molecule has 1 aliphatic rings. The van der Waals surface area contributed by atoms with Crippen LogP contribution < -0.4 is 5.32 Å². The third-order valence-electron chi connectivity index (χ3n) is 5.42. The maximum absolute atomic E-state index is 11.9. The highest BCUT2D eigenvalue weighted by Crippen LogP contribution is 2.28. The van der Waals surface area contributed by atoms with E-state index in [0.717, 1.165) is 19.4 Å². The minimum absolute atomic E-state index is 0.0226. The van der Waals surface area contributed by atoms with Crippen molar-refractivity contribution in [3.63, 3.8) is 0 Å². The predicted molar refractivity (Wildman–Crippen MR) is 138 cm³/mol. The summed E-state index contributed by atoms with van der Waals surface area (Å²) in [4.78, 5) is 58.8. The van der Waals surface area contributed by atoms with Crippen molar-refractivity contribution in [1.29, 1.82) is 0 Å². The number of esters is 4. The molecule has 1 heterocycles. The lowest BCUT2D eigenvalue weighted by atomic mass is 9.96. The van der Waals surface area contributed by atoms with E-state index in [2.05, 4.69) is 5.32 Å². The van der Waals surface area contributed by atoms with Gasteiger partial charge in [-0.15, -0.1) is 0 Å². The van der Waals surface area contributed by atoms with Gasteiger partial charge < -0.3 is 43.2 Å². The smallest absolute Gasteiger partial charge is 0.332 e. The topological polar surface area (TPSA) is 171 Å². The van der Waals surface area contributed by atoms with Gasteiger partial charge in [0.25, 0.3) is 0 Å². The molecule has 0 saturated carbocycles. The molecular formula is C27H37NO13. The Morgan fingerprint density at radius 3 is 2.05 bits per heavy atom. The minimum Gasteiger partial charge on any atom is -0.463 e. The largest absolute Gasteiger partial charge is 0.463 e. The van der Waals surface area contributed by atoms with Gasteiger partial charge in [-0.3, -0.25) is 19.2 Å². The fraction of sp³-hybridized carbons (Fsp3) is 0.593. The lowest BCUT2D eigenvalue weighted by Gasteiger charge is -2.44. The summed E-state index contributed by atoms with van der Waals surface area (Å²) >= 11 is 0. The molecule has 14 nitrogen and oxygen atoms in total. The summed E-state index contributed by atoms with van der Waals surface area (Å²) in [6.45, 7) is 4.66. The Hall–Kier alpha value is -3.59. The summed E-state index contributed by atoms with van der Waals surface area (Å²) in [7, 11) is 0. The van der Waals surface area contributed by atoms with Crippen molar-refractivity contribution in [3.05, 3.63) is 35.9 Å². The van der Waals surface area contributed by atoms with E-state index in [9.17, 15) is 24.0 Å². The van der Waals surface area contributed by atoms with Gasteiger partial charge in [0.1, 0.15) is 32.0 Å². The number of ether oxygens (including phenoxy) is 8. The maximum Gasteiger partial charge on any atom is 0.332 e. The first-order valence-corrected chi connectivity index (χ1v) is 12.9. The quantitative estimate of drug-likeness (QED) is 0.162. The Morgan fingerprint density at radius 1 is 0.780 bits per heavy atom. The van der Waals surface area contributed by atoms with Gasteiger partial charge in [-0.25, -0.2) is 4.79 Å². The van der Waals surface area contributed by atoms with E-state index in [0.29, 0.717) is 0 Å². The first-order chi connectivity index (χ1) is 19.6. The normalized spacial score (nSPS) is 21.8. The highest BCUT2D eigenvalue weighted by atomic mass is 16.7. The van der Waals surface area contributed by atoms with Crippen LogP contribution in [0.3, 0.4) is 0 Å². The van der Waals surface area contributed by atoms with Crippen LogP contribution in [-0.4, -0.2) is 100 Å². The number of hydrogen-bond acceptors (Lipinski definition) is 13. The molecule has 2 rings (SSSR count). The van der Waals surface area contributed by atoms with Crippen LogP contribution in [0.5, 0.6) is 0 Å². The Morgan fingerprint density at radius 2 is 1.41 bits per heavy atom. The van der Waals surface area contributed by atoms with E-state index in [4.69, 9.17) is 37.9 Å². The number of hydrogen-bond donors (Lipinski definition) is 1. The van der Waals surface area contributed by atoms with Crippen molar-refractivity contribution in [1.82, 2.24) is 5.32 Å². The number of benzene rings is 1. The SMILES string of the molecule is CC(=O)NC1C(OCCOCCOCC(=O)OCc2ccccc2)OC(COC(C)=O)C(OC(C)=O)C1OC(C)=O. The van der Waals surface area contributed by atoms with Crippen LogP contribution in [0.25, 0.3) is 0 Å². The molecule has 1 amide bonds. The molecule has 14 heteroatoms. The Kier molecular flexibility index (Phi) is 14.7. The molecule has 1 aliphatic heterocycles. The molecule has 0 aliphatic carbocycles.